The lowest BCUT2D eigenvalue weighted by Gasteiger charge is -2.33. The molecule has 2 aliphatic rings. The van der Waals surface area contributed by atoms with Crippen LogP contribution in [0.3, 0.4) is 0 Å². The van der Waals surface area contributed by atoms with E-state index in [-0.39, 0.29) is 0 Å². The number of nitrogens with one attached hydrogen (secondary N) is 2. The largest absolute Gasteiger partial charge is 0.378 e. The molecule has 0 aromatic carbocycles. The van der Waals surface area contributed by atoms with E-state index < -0.39 is 0 Å². The van der Waals surface area contributed by atoms with Gasteiger partial charge in [-0.25, -0.2) is 0 Å². The first-order chi connectivity index (χ1) is 13.7. The first kappa shape index (κ1) is 23.2. The van der Waals surface area contributed by atoms with Crippen molar-refractivity contribution in [2.24, 2.45) is 4.99 Å². The second-order valence-electron chi connectivity index (χ2n) is 8.60. The van der Waals surface area contributed by atoms with Crippen LogP contribution in [-0.4, -0.2) is 62.3 Å². The lowest BCUT2D eigenvalue weighted by atomic mass is 9.98. The van der Waals surface area contributed by atoms with E-state index in [1.165, 1.54) is 56.9 Å². The molecule has 0 aromatic heterocycles. The van der Waals surface area contributed by atoms with Gasteiger partial charge in [0.2, 0.25) is 0 Å². The smallest absolute Gasteiger partial charge is 0.191 e. The molecule has 0 bridgehead atoms. The Morgan fingerprint density at radius 2 is 1.82 bits per heavy atom. The molecule has 28 heavy (non-hydrogen) atoms. The number of guanidine groups is 1. The van der Waals surface area contributed by atoms with Gasteiger partial charge in [-0.1, -0.05) is 31.4 Å². The number of piperidine rings is 1. The van der Waals surface area contributed by atoms with Gasteiger partial charge < -0.3 is 15.4 Å². The Bertz CT molecular complexity index is 452. The molecule has 0 radical (unpaired) electrons. The van der Waals surface area contributed by atoms with Gasteiger partial charge in [-0.2, -0.15) is 0 Å². The molecule has 0 spiro atoms. The van der Waals surface area contributed by atoms with Crippen molar-refractivity contribution in [2.75, 3.05) is 39.3 Å². The van der Waals surface area contributed by atoms with Crippen LogP contribution in [0.2, 0.25) is 0 Å². The van der Waals surface area contributed by atoms with E-state index in [0.717, 1.165) is 58.1 Å². The van der Waals surface area contributed by atoms with Gasteiger partial charge in [0.15, 0.2) is 5.96 Å². The van der Waals surface area contributed by atoms with Crippen LogP contribution in [0.5, 0.6) is 0 Å². The zero-order valence-electron chi connectivity index (χ0n) is 18.5. The Labute approximate surface area is 173 Å². The topological polar surface area (TPSA) is 48.9 Å². The van der Waals surface area contributed by atoms with Gasteiger partial charge in [-0.3, -0.25) is 9.89 Å². The third kappa shape index (κ3) is 9.92. The molecule has 1 saturated carbocycles. The quantitative estimate of drug-likeness (QED) is 0.240. The van der Waals surface area contributed by atoms with Crippen molar-refractivity contribution in [1.82, 2.24) is 15.5 Å². The van der Waals surface area contributed by atoms with Crippen LogP contribution < -0.4 is 10.6 Å². The highest BCUT2D eigenvalue weighted by molar-refractivity contribution is 5.80. The number of hydrogen-bond donors (Lipinski definition) is 2. The fourth-order valence-corrected chi connectivity index (χ4v) is 4.19. The van der Waals surface area contributed by atoms with E-state index in [1.54, 1.807) is 0 Å². The van der Waals surface area contributed by atoms with Gasteiger partial charge in [0.25, 0.3) is 0 Å². The van der Waals surface area contributed by atoms with E-state index in [4.69, 9.17) is 9.73 Å². The maximum Gasteiger partial charge on any atom is 0.191 e. The van der Waals surface area contributed by atoms with Crippen molar-refractivity contribution in [3.05, 3.63) is 12.2 Å². The van der Waals surface area contributed by atoms with Crippen molar-refractivity contribution >= 4 is 5.96 Å². The van der Waals surface area contributed by atoms with E-state index in [2.05, 4.69) is 36.0 Å². The molecule has 1 aliphatic heterocycles. The Morgan fingerprint density at radius 1 is 1.07 bits per heavy atom. The summed E-state index contributed by atoms with van der Waals surface area (Å²) in [5.74, 6) is 0.985. The highest BCUT2D eigenvalue weighted by Gasteiger charge is 2.19. The van der Waals surface area contributed by atoms with E-state index >= 15 is 0 Å². The minimum atomic E-state index is 0.531. The van der Waals surface area contributed by atoms with Crippen LogP contribution in [0.25, 0.3) is 0 Å². The average Bonchev–Trinajstić information content (AvgIpc) is 2.69. The fourth-order valence-electron chi connectivity index (χ4n) is 4.19. The predicted octanol–water partition coefficient (Wildman–Crippen LogP) is 4.10. The molecule has 162 valence electrons. The Morgan fingerprint density at radius 3 is 2.50 bits per heavy atom. The Hall–Kier alpha value is -1.07. The second kappa shape index (κ2) is 14.0. The monoisotopic (exact) mass is 392 g/mol. The van der Waals surface area contributed by atoms with Crippen LogP contribution >= 0.6 is 0 Å². The molecule has 1 saturated heterocycles. The highest BCUT2D eigenvalue weighted by Crippen LogP contribution is 2.20. The molecular weight excluding hydrogens is 348 g/mol. The summed E-state index contributed by atoms with van der Waals surface area (Å²) in [4.78, 5) is 7.29. The van der Waals surface area contributed by atoms with Gasteiger partial charge in [-0.05, 0) is 58.8 Å². The first-order valence-electron chi connectivity index (χ1n) is 11.7. The standard InChI is InChI=1S/C23H44N4O/c1-4-24-23(26-21-13-16-27(17-14-21)19-20(2)3)25-15-9-6-10-18-28-22-11-7-5-8-12-22/h21-22H,2,4-19H2,1,3H3,(H2,24,25,26). The van der Waals surface area contributed by atoms with Crippen LogP contribution in [0.15, 0.2) is 17.1 Å². The Kier molecular flexibility index (Phi) is 11.6. The van der Waals surface area contributed by atoms with E-state index in [0.29, 0.717) is 12.1 Å². The third-order valence-electron chi connectivity index (χ3n) is 5.74. The van der Waals surface area contributed by atoms with Gasteiger partial charge in [-0.15, -0.1) is 0 Å². The number of ether oxygens (including phenoxy) is 1. The SMILES string of the molecule is C=C(C)CN1CCC(NC(=NCCCCCOC2CCCCC2)NCC)CC1. The summed E-state index contributed by atoms with van der Waals surface area (Å²) in [6, 6.07) is 0.531. The second-order valence-corrected chi connectivity index (χ2v) is 8.60. The zero-order valence-corrected chi connectivity index (χ0v) is 18.5. The number of nitrogens with zero attached hydrogens (tertiary/aromatic N) is 2. The molecule has 0 unspecified atom stereocenters. The van der Waals surface area contributed by atoms with Crippen molar-refractivity contribution in [2.45, 2.75) is 90.2 Å². The maximum atomic E-state index is 6.01. The summed E-state index contributed by atoms with van der Waals surface area (Å²) in [7, 11) is 0. The minimum Gasteiger partial charge on any atom is -0.378 e. The molecule has 0 amide bonds. The van der Waals surface area contributed by atoms with Crippen molar-refractivity contribution in [3.8, 4) is 0 Å². The number of unbranched alkanes of at least 4 members (excludes halogenated alkanes) is 2. The summed E-state index contributed by atoms with van der Waals surface area (Å²) in [5.41, 5.74) is 1.26. The lowest BCUT2D eigenvalue weighted by Crippen LogP contribution is -2.48. The summed E-state index contributed by atoms with van der Waals surface area (Å²) in [5, 5.41) is 7.05. The van der Waals surface area contributed by atoms with Crippen LogP contribution in [0, 0.1) is 0 Å². The molecule has 5 nitrogen and oxygen atoms in total. The summed E-state index contributed by atoms with van der Waals surface area (Å²) >= 11 is 0. The molecule has 2 fully saturated rings. The van der Waals surface area contributed by atoms with Crippen molar-refractivity contribution in [1.29, 1.82) is 0 Å². The highest BCUT2D eigenvalue weighted by atomic mass is 16.5. The third-order valence-corrected chi connectivity index (χ3v) is 5.74. The zero-order chi connectivity index (χ0) is 20.0. The van der Waals surface area contributed by atoms with Crippen molar-refractivity contribution < 1.29 is 4.74 Å². The van der Waals surface area contributed by atoms with Crippen molar-refractivity contribution in [3.63, 3.8) is 0 Å². The van der Waals surface area contributed by atoms with Crippen LogP contribution in [0.1, 0.15) is 78.1 Å². The molecular formula is C23H44N4O. The molecule has 1 heterocycles. The number of likely N-dealkylation sites (tertiary alicyclic amines) is 1. The van der Waals surface area contributed by atoms with E-state index in [1.807, 2.05) is 0 Å². The molecule has 5 heteroatoms. The van der Waals surface area contributed by atoms with Gasteiger partial charge >= 0.3 is 0 Å². The van der Waals surface area contributed by atoms with Gasteiger partial charge in [0, 0.05) is 45.4 Å². The van der Waals surface area contributed by atoms with Gasteiger partial charge in [0.1, 0.15) is 0 Å². The predicted molar refractivity (Wildman–Crippen MR) is 120 cm³/mol. The molecule has 0 aromatic rings. The lowest BCUT2D eigenvalue weighted by molar-refractivity contribution is 0.0264. The first-order valence-corrected chi connectivity index (χ1v) is 11.7. The summed E-state index contributed by atoms with van der Waals surface area (Å²) < 4.78 is 6.01. The molecule has 1 aliphatic carbocycles. The minimum absolute atomic E-state index is 0.531. The van der Waals surface area contributed by atoms with Gasteiger partial charge in [0.05, 0.1) is 6.10 Å². The van der Waals surface area contributed by atoms with Crippen LogP contribution in [-0.2, 0) is 4.74 Å². The van der Waals surface area contributed by atoms with E-state index in [9.17, 15) is 0 Å². The summed E-state index contributed by atoms with van der Waals surface area (Å²) in [6.45, 7) is 14.3. The molecule has 2 rings (SSSR count). The molecule has 2 N–H and O–H groups in total. The number of hydrogen-bond acceptors (Lipinski definition) is 3. The maximum absolute atomic E-state index is 6.01. The average molecular weight is 393 g/mol. The normalized spacial score (nSPS) is 20.3. The number of aliphatic imine (C=N–C) groups is 1. The molecule has 0 atom stereocenters. The summed E-state index contributed by atoms with van der Waals surface area (Å²) in [6.07, 6.45) is 13.0. The van der Waals surface area contributed by atoms with Crippen LogP contribution in [0.4, 0.5) is 0 Å². The Balaban J connectivity index is 1.56. The number of rotatable bonds is 11. The fraction of sp³-hybridized carbons (Fsp3) is 0.870.